The Morgan fingerprint density at radius 1 is 1.08 bits per heavy atom. The standard InChI is InChI=1S/C18H30N2O4/c1-4-5-6-7-8-10-16(21)20-15(13-14(2)3)18(24)19-12-9-11-17(22)23/h8-11,14-15H,4-7,12-13H2,1-3H3,(H,19,24)(H,20,21)(H,22,23)/b10-8+,11-9+/t15-/m0/s1. The number of carboxylic acid groups (broad SMARTS) is 1. The van der Waals surface area contributed by atoms with E-state index in [9.17, 15) is 14.4 Å². The summed E-state index contributed by atoms with van der Waals surface area (Å²) in [7, 11) is 0. The molecule has 0 aromatic carbocycles. The molecular formula is C18H30N2O4. The first-order valence-corrected chi connectivity index (χ1v) is 8.51. The number of hydrogen-bond donors (Lipinski definition) is 3. The molecule has 0 saturated carbocycles. The fourth-order valence-electron chi connectivity index (χ4n) is 2.07. The number of allylic oxidation sites excluding steroid dienone is 1. The van der Waals surface area contributed by atoms with Crippen molar-refractivity contribution in [2.24, 2.45) is 5.92 Å². The minimum absolute atomic E-state index is 0.114. The molecule has 6 heteroatoms. The van der Waals surface area contributed by atoms with E-state index in [1.54, 1.807) is 0 Å². The number of unbranched alkanes of at least 4 members (excludes halogenated alkanes) is 3. The van der Waals surface area contributed by atoms with Crippen LogP contribution < -0.4 is 10.6 Å². The molecule has 0 bridgehead atoms. The van der Waals surface area contributed by atoms with Crippen molar-refractivity contribution >= 4 is 17.8 Å². The van der Waals surface area contributed by atoms with Gasteiger partial charge in [0, 0.05) is 12.6 Å². The van der Waals surface area contributed by atoms with Gasteiger partial charge in [0.1, 0.15) is 6.04 Å². The second-order valence-corrected chi connectivity index (χ2v) is 6.07. The highest BCUT2D eigenvalue weighted by atomic mass is 16.4. The molecule has 0 spiro atoms. The Hall–Kier alpha value is -2.11. The van der Waals surface area contributed by atoms with Gasteiger partial charge in [0.15, 0.2) is 0 Å². The van der Waals surface area contributed by atoms with Crippen LogP contribution in [0, 0.1) is 5.92 Å². The maximum atomic E-state index is 12.1. The zero-order chi connectivity index (χ0) is 18.4. The Balaban J connectivity index is 4.45. The Morgan fingerprint density at radius 3 is 2.38 bits per heavy atom. The van der Waals surface area contributed by atoms with E-state index in [4.69, 9.17) is 5.11 Å². The fourth-order valence-corrected chi connectivity index (χ4v) is 2.07. The van der Waals surface area contributed by atoms with Crippen molar-refractivity contribution in [1.29, 1.82) is 0 Å². The number of rotatable bonds is 12. The molecule has 0 aromatic rings. The molecule has 0 aromatic heterocycles. The van der Waals surface area contributed by atoms with E-state index in [2.05, 4.69) is 17.6 Å². The zero-order valence-corrected chi connectivity index (χ0v) is 14.9. The van der Waals surface area contributed by atoms with Crippen LogP contribution in [0.25, 0.3) is 0 Å². The molecule has 0 aliphatic carbocycles. The summed E-state index contributed by atoms with van der Waals surface area (Å²) in [5.74, 6) is -1.42. The third-order valence-corrected chi connectivity index (χ3v) is 3.24. The summed E-state index contributed by atoms with van der Waals surface area (Å²) in [5.41, 5.74) is 0. The lowest BCUT2D eigenvalue weighted by Crippen LogP contribution is -2.47. The summed E-state index contributed by atoms with van der Waals surface area (Å²) in [6, 6.07) is -0.629. The lowest BCUT2D eigenvalue weighted by molar-refractivity contribution is -0.131. The van der Waals surface area contributed by atoms with Crippen LogP contribution in [0.4, 0.5) is 0 Å². The lowest BCUT2D eigenvalue weighted by atomic mass is 10.0. The van der Waals surface area contributed by atoms with Crippen LogP contribution in [0.15, 0.2) is 24.3 Å². The van der Waals surface area contributed by atoms with Gasteiger partial charge in [-0.1, -0.05) is 45.8 Å². The maximum absolute atomic E-state index is 12.1. The first-order chi connectivity index (χ1) is 11.4. The van der Waals surface area contributed by atoms with E-state index in [1.807, 2.05) is 19.9 Å². The van der Waals surface area contributed by atoms with Crippen LogP contribution >= 0.6 is 0 Å². The van der Waals surface area contributed by atoms with E-state index < -0.39 is 12.0 Å². The first-order valence-electron chi connectivity index (χ1n) is 8.51. The number of carboxylic acids is 1. The lowest BCUT2D eigenvalue weighted by Gasteiger charge is -2.19. The number of hydrogen-bond acceptors (Lipinski definition) is 3. The van der Waals surface area contributed by atoms with Crippen molar-refractivity contribution < 1.29 is 19.5 Å². The molecule has 6 nitrogen and oxygen atoms in total. The average molecular weight is 338 g/mol. The number of amides is 2. The van der Waals surface area contributed by atoms with E-state index in [0.717, 1.165) is 31.8 Å². The molecule has 0 unspecified atom stereocenters. The number of carbonyl (C=O) groups is 3. The summed E-state index contributed by atoms with van der Waals surface area (Å²) in [5, 5.41) is 13.8. The monoisotopic (exact) mass is 338 g/mol. The van der Waals surface area contributed by atoms with Crippen molar-refractivity contribution in [2.75, 3.05) is 6.54 Å². The van der Waals surface area contributed by atoms with Gasteiger partial charge in [-0.05, 0) is 31.3 Å². The molecule has 0 rings (SSSR count). The highest BCUT2D eigenvalue weighted by molar-refractivity contribution is 5.92. The normalized spacial score (nSPS) is 12.7. The fraction of sp³-hybridized carbons (Fsp3) is 0.611. The minimum Gasteiger partial charge on any atom is -0.478 e. The van der Waals surface area contributed by atoms with Gasteiger partial charge in [-0.3, -0.25) is 9.59 Å². The van der Waals surface area contributed by atoms with Gasteiger partial charge in [0.25, 0.3) is 0 Å². The van der Waals surface area contributed by atoms with Crippen LogP contribution in [-0.4, -0.2) is 35.5 Å². The van der Waals surface area contributed by atoms with Crippen LogP contribution in [0.3, 0.4) is 0 Å². The van der Waals surface area contributed by atoms with Gasteiger partial charge < -0.3 is 15.7 Å². The smallest absolute Gasteiger partial charge is 0.328 e. The third kappa shape index (κ3) is 12.4. The van der Waals surface area contributed by atoms with Crippen molar-refractivity contribution in [1.82, 2.24) is 10.6 Å². The highest BCUT2D eigenvalue weighted by Crippen LogP contribution is 2.05. The molecule has 0 saturated heterocycles. The second kappa shape index (κ2) is 13.3. The predicted molar refractivity (Wildman–Crippen MR) is 94.5 cm³/mol. The third-order valence-electron chi connectivity index (χ3n) is 3.24. The zero-order valence-electron chi connectivity index (χ0n) is 14.9. The number of carbonyl (C=O) groups excluding carboxylic acids is 2. The van der Waals surface area contributed by atoms with Gasteiger partial charge in [-0.15, -0.1) is 0 Å². The van der Waals surface area contributed by atoms with Crippen LogP contribution in [0.5, 0.6) is 0 Å². The van der Waals surface area contributed by atoms with Crippen molar-refractivity contribution in [3.05, 3.63) is 24.3 Å². The van der Waals surface area contributed by atoms with E-state index >= 15 is 0 Å². The number of nitrogens with one attached hydrogen (secondary N) is 2. The predicted octanol–water partition coefficient (Wildman–Crippen LogP) is 2.41. The maximum Gasteiger partial charge on any atom is 0.328 e. The van der Waals surface area contributed by atoms with Gasteiger partial charge in [0.05, 0.1) is 0 Å². The van der Waals surface area contributed by atoms with Crippen LogP contribution in [-0.2, 0) is 14.4 Å². The SMILES string of the molecule is CCCCC/C=C/C(=O)N[C@@H](CC(C)C)C(=O)NC/C=C/C(=O)O. The number of aliphatic carboxylic acids is 1. The van der Waals surface area contributed by atoms with E-state index in [-0.39, 0.29) is 24.3 Å². The van der Waals surface area contributed by atoms with Crippen molar-refractivity contribution in [3.8, 4) is 0 Å². The molecule has 2 amide bonds. The minimum atomic E-state index is -1.07. The second-order valence-electron chi connectivity index (χ2n) is 6.07. The van der Waals surface area contributed by atoms with Gasteiger partial charge >= 0.3 is 5.97 Å². The molecule has 3 N–H and O–H groups in total. The summed E-state index contributed by atoms with van der Waals surface area (Å²) >= 11 is 0. The largest absolute Gasteiger partial charge is 0.478 e. The summed E-state index contributed by atoms with van der Waals surface area (Å²) < 4.78 is 0. The van der Waals surface area contributed by atoms with Gasteiger partial charge in [-0.2, -0.15) is 0 Å². The van der Waals surface area contributed by atoms with Gasteiger partial charge in [0.2, 0.25) is 11.8 Å². The van der Waals surface area contributed by atoms with Gasteiger partial charge in [-0.25, -0.2) is 4.79 Å². The Kier molecular flexibility index (Phi) is 12.2. The molecule has 0 aliphatic heterocycles. The first kappa shape index (κ1) is 21.9. The Labute approximate surface area is 144 Å². The molecule has 0 radical (unpaired) electrons. The van der Waals surface area contributed by atoms with Crippen LogP contribution in [0.2, 0.25) is 0 Å². The molecule has 0 fully saturated rings. The Morgan fingerprint density at radius 2 is 1.79 bits per heavy atom. The summed E-state index contributed by atoms with van der Waals surface area (Å²) in [6.45, 7) is 6.17. The average Bonchev–Trinajstić information content (AvgIpc) is 2.49. The molecule has 24 heavy (non-hydrogen) atoms. The molecular weight excluding hydrogens is 308 g/mol. The van der Waals surface area contributed by atoms with Crippen LogP contribution in [0.1, 0.15) is 52.9 Å². The Bertz CT molecular complexity index is 456. The van der Waals surface area contributed by atoms with Crippen molar-refractivity contribution in [2.45, 2.75) is 58.9 Å². The molecule has 0 aliphatic rings. The quantitative estimate of drug-likeness (QED) is 0.376. The summed E-state index contributed by atoms with van der Waals surface area (Å²) in [4.78, 5) is 34.4. The van der Waals surface area contributed by atoms with Crippen molar-refractivity contribution in [3.63, 3.8) is 0 Å². The topological polar surface area (TPSA) is 95.5 Å². The molecule has 0 heterocycles. The van der Waals surface area contributed by atoms with E-state index in [1.165, 1.54) is 12.2 Å². The van der Waals surface area contributed by atoms with E-state index in [0.29, 0.717) is 6.42 Å². The highest BCUT2D eigenvalue weighted by Gasteiger charge is 2.20. The summed E-state index contributed by atoms with van der Waals surface area (Å²) in [6.07, 6.45) is 10.3. The molecule has 1 atom stereocenters. The molecule has 136 valence electrons.